The molecule has 12 heavy (non-hydrogen) atoms. The summed E-state index contributed by atoms with van der Waals surface area (Å²) in [6.07, 6.45) is 3.15. The van der Waals surface area contributed by atoms with Crippen LogP contribution in [0.5, 0.6) is 0 Å². The van der Waals surface area contributed by atoms with Gasteiger partial charge in [-0.2, -0.15) is 0 Å². The summed E-state index contributed by atoms with van der Waals surface area (Å²) in [6.45, 7) is 0. The maximum absolute atomic E-state index is 3.42. The van der Waals surface area contributed by atoms with E-state index in [1.807, 2.05) is 0 Å². The molecule has 1 aliphatic rings. The molecule has 0 unspecified atom stereocenters. The maximum atomic E-state index is 3.42. The normalized spacial score (nSPS) is 12.7. The molecule has 0 saturated heterocycles. The fraction of sp³-hybridized carbons (Fsp3) is 0. The molecule has 1 aliphatic heterocycles. The molecule has 1 radical (unpaired) electrons. The quantitative estimate of drug-likeness (QED) is 0.512. The smallest absolute Gasteiger partial charge is 0.0529 e. The van der Waals surface area contributed by atoms with Crippen LogP contribution in [0.15, 0.2) is 29.3 Å². The Morgan fingerprint density at radius 2 is 1.50 bits per heavy atom. The van der Waals surface area contributed by atoms with Crippen LogP contribution in [0.1, 0.15) is 0 Å². The van der Waals surface area contributed by atoms with E-state index in [0.717, 1.165) is 0 Å². The van der Waals surface area contributed by atoms with Gasteiger partial charge in [0.15, 0.2) is 0 Å². The molecule has 2 heterocycles. The molecule has 0 aromatic carbocycles. The molecular weight excluding hydrogens is 237 g/mol. The molecular formula is C5H5KN3S3. The van der Waals surface area contributed by atoms with Crippen LogP contribution in [0.4, 0.5) is 0 Å². The van der Waals surface area contributed by atoms with E-state index < -0.39 is 0 Å². The first-order chi connectivity index (χ1) is 5.50. The zero-order valence-corrected chi connectivity index (χ0v) is 12.0. The molecule has 0 aliphatic carbocycles. The molecule has 3 nitrogen and oxygen atoms in total. The molecule has 0 saturated carbocycles. The van der Waals surface area contributed by atoms with Gasteiger partial charge in [0.1, 0.15) is 0 Å². The number of rotatable bonds is 0. The Morgan fingerprint density at radius 3 is 1.67 bits per heavy atom. The summed E-state index contributed by atoms with van der Waals surface area (Å²) in [5, 5.41) is 14.3. The standard InChI is InChI=1S/C3H3N3.C2H2S3.K/c1-2-4-6-5-3-1;1-2-4-5-3-1;/h1-3H;1-2H;. The first kappa shape index (κ1) is 13.4. The number of hydrogen-bond acceptors (Lipinski definition) is 6. The van der Waals surface area contributed by atoms with Gasteiger partial charge in [-0.3, -0.25) is 0 Å². The Morgan fingerprint density at radius 1 is 0.917 bits per heavy atom. The molecule has 0 fully saturated rings. The molecule has 0 amide bonds. The van der Waals surface area contributed by atoms with Crippen molar-refractivity contribution < 1.29 is 0 Å². The summed E-state index contributed by atoms with van der Waals surface area (Å²) in [4.78, 5) is 0. The van der Waals surface area contributed by atoms with Gasteiger partial charge in [-0.25, -0.2) is 0 Å². The van der Waals surface area contributed by atoms with Crippen molar-refractivity contribution in [1.82, 2.24) is 15.4 Å². The Hall–Kier alpha value is 1.44. The van der Waals surface area contributed by atoms with E-state index in [0.29, 0.717) is 0 Å². The van der Waals surface area contributed by atoms with Gasteiger partial charge < -0.3 is 0 Å². The minimum absolute atomic E-state index is 0. The van der Waals surface area contributed by atoms with Crippen LogP contribution in [0.25, 0.3) is 0 Å². The second kappa shape index (κ2) is 10.5. The van der Waals surface area contributed by atoms with Crippen LogP contribution < -0.4 is 0 Å². The second-order valence-electron chi connectivity index (χ2n) is 1.34. The SMILES string of the molecule is C1=CSSS1.[K].c1cnnnc1. The van der Waals surface area contributed by atoms with Gasteiger partial charge in [-0.15, -0.1) is 10.2 Å². The van der Waals surface area contributed by atoms with Crippen LogP contribution in [0.2, 0.25) is 0 Å². The molecule has 2 rings (SSSR count). The van der Waals surface area contributed by atoms with Crippen molar-refractivity contribution in [2.75, 3.05) is 0 Å². The van der Waals surface area contributed by atoms with Gasteiger partial charge in [0.2, 0.25) is 0 Å². The maximum Gasteiger partial charge on any atom is 0.0529 e. The largest absolute Gasteiger partial charge is 0.139 e. The van der Waals surface area contributed by atoms with Crippen LogP contribution in [0.3, 0.4) is 0 Å². The summed E-state index contributed by atoms with van der Waals surface area (Å²) in [7, 11) is 5.34. The zero-order chi connectivity index (χ0) is 7.78. The average molecular weight is 242 g/mol. The molecule has 0 atom stereocenters. The van der Waals surface area contributed by atoms with Crippen molar-refractivity contribution >= 4 is 82.8 Å². The van der Waals surface area contributed by atoms with Crippen LogP contribution in [-0.2, 0) is 0 Å². The Balaban J connectivity index is 0.000000189. The third-order valence-corrected chi connectivity index (χ3v) is 4.03. The van der Waals surface area contributed by atoms with Crippen LogP contribution in [-0.4, -0.2) is 66.8 Å². The van der Waals surface area contributed by atoms with E-state index in [1.165, 1.54) is 0 Å². The fourth-order valence-electron chi connectivity index (χ4n) is 0.318. The van der Waals surface area contributed by atoms with Gasteiger partial charge in [0, 0.05) is 51.4 Å². The first-order valence-electron chi connectivity index (χ1n) is 2.72. The van der Waals surface area contributed by atoms with E-state index in [1.54, 1.807) is 49.9 Å². The van der Waals surface area contributed by atoms with Crippen molar-refractivity contribution in [2.45, 2.75) is 0 Å². The summed E-state index contributed by atoms with van der Waals surface area (Å²) >= 11 is 0. The summed E-state index contributed by atoms with van der Waals surface area (Å²) in [6, 6.07) is 1.72. The molecule has 1 aromatic heterocycles. The minimum Gasteiger partial charge on any atom is -0.139 e. The monoisotopic (exact) mass is 242 g/mol. The summed E-state index contributed by atoms with van der Waals surface area (Å²) in [5.41, 5.74) is 0. The van der Waals surface area contributed by atoms with Gasteiger partial charge in [-0.1, -0.05) is 21.6 Å². The fourth-order valence-corrected chi connectivity index (χ4v) is 3.27. The molecule has 0 N–H and O–H groups in total. The predicted molar refractivity (Wildman–Crippen MR) is 57.5 cm³/mol. The van der Waals surface area contributed by atoms with Crippen molar-refractivity contribution in [2.24, 2.45) is 0 Å². The molecule has 0 spiro atoms. The second-order valence-corrected chi connectivity index (χ2v) is 5.20. The van der Waals surface area contributed by atoms with Crippen molar-refractivity contribution in [3.8, 4) is 0 Å². The number of nitrogens with zero attached hydrogens (tertiary/aromatic N) is 3. The Bertz CT molecular complexity index is 176. The number of aromatic nitrogens is 3. The summed E-state index contributed by atoms with van der Waals surface area (Å²) in [5.74, 6) is 0. The molecule has 1 aromatic rings. The average Bonchev–Trinajstić information content (AvgIpc) is 2.64. The Kier molecular flexibility index (Phi) is 11.8. The molecule has 0 bridgehead atoms. The first-order valence-corrected chi connectivity index (χ1v) is 6.33. The van der Waals surface area contributed by atoms with Gasteiger partial charge in [0.25, 0.3) is 0 Å². The van der Waals surface area contributed by atoms with E-state index in [4.69, 9.17) is 0 Å². The van der Waals surface area contributed by atoms with Crippen molar-refractivity contribution in [3.05, 3.63) is 29.3 Å². The Labute approximate surface area is 125 Å². The third kappa shape index (κ3) is 8.05. The van der Waals surface area contributed by atoms with Crippen LogP contribution >= 0.6 is 31.4 Å². The van der Waals surface area contributed by atoms with E-state index >= 15 is 0 Å². The summed E-state index contributed by atoms with van der Waals surface area (Å²) < 4.78 is 0. The topological polar surface area (TPSA) is 38.7 Å². The van der Waals surface area contributed by atoms with E-state index in [-0.39, 0.29) is 51.4 Å². The van der Waals surface area contributed by atoms with Gasteiger partial charge in [-0.05, 0) is 31.9 Å². The van der Waals surface area contributed by atoms with Gasteiger partial charge >= 0.3 is 0 Å². The number of hydrogen-bond donors (Lipinski definition) is 0. The van der Waals surface area contributed by atoms with E-state index in [9.17, 15) is 0 Å². The predicted octanol–water partition coefficient (Wildman–Crippen LogP) is 1.99. The molecule has 7 heteroatoms. The third-order valence-electron chi connectivity index (χ3n) is 0.654. The minimum atomic E-state index is 0. The van der Waals surface area contributed by atoms with E-state index in [2.05, 4.69) is 26.2 Å². The van der Waals surface area contributed by atoms with Crippen LogP contribution in [0, 0.1) is 0 Å². The van der Waals surface area contributed by atoms with Crippen molar-refractivity contribution in [1.29, 1.82) is 0 Å². The molecule has 59 valence electrons. The van der Waals surface area contributed by atoms with Crippen molar-refractivity contribution in [3.63, 3.8) is 0 Å². The zero-order valence-electron chi connectivity index (χ0n) is 6.45. The van der Waals surface area contributed by atoms with Gasteiger partial charge in [0.05, 0.1) is 12.4 Å².